The summed E-state index contributed by atoms with van der Waals surface area (Å²) in [5.41, 5.74) is 3.84. The summed E-state index contributed by atoms with van der Waals surface area (Å²) >= 11 is 0. The monoisotopic (exact) mass is 343 g/mol. The standard InChI is InChI=1S/C24H20N2/c1-15-11-12-21-20(13-15)18-9-4-5-10-19(18)24-25-14-22(26(21)24)23-16(2)7-6-8-17(23)3/h4-14H,1-3H3/i4D,5D,9D,11D,12D,13D,14D. The number of imidazole rings is 1. The van der Waals surface area contributed by atoms with Gasteiger partial charge in [-0.1, -0.05) is 54.0 Å². The molecule has 0 aliphatic carbocycles. The Bertz CT molecular complexity index is 1650. The zero-order valence-electron chi connectivity index (χ0n) is 21.7. The highest BCUT2D eigenvalue weighted by molar-refractivity contribution is 6.12. The lowest BCUT2D eigenvalue weighted by molar-refractivity contribution is 1.24. The van der Waals surface area contributed by atoms with Crippen molar-refractivity contribution in [3.63, 3.8) is 0 Å². The Hall–Kier alpha value is -3.13. The number of aromatic nitrogens is 2. The molecule has 2 heterocycles. The Morgan fingerprint density at radius 2 is 1.69 bits per heavy atom. The van der Waals surface area contributed by atoms with Crippen LogP contribution in [0.1, 0.15) is 26.3 Å². The van der Waals surface area contributed by atoms with Crippen molar-refractivity contribution in [1.29, 1.82) is 0 Å². The fraction of sp³-hybridized carbons (Fsp3) is 0.125. The molecule has 2 nitrogen and oxygen atoms in total. The molecule has 0 N–H and O–H groups in total. The van der Waals surface area contributed by atoms with Crippen molar-refractivity contribution in [3.05, 3.63) is 83.4 Å². The van der Waals surface area contributed by atoms with Gasteiger partial charge in [-0.3, -0.25) is 4.40 Å². The largest absolute Gasteiger partial charge is 0.292 e. The molecule has 0 fully saturated rings. The number of hydrogen-bond acceptors (Lipinski definition) is 1. The average molecular weight is 343 g/mol. The van der Waals surface area contributed by atoms with Crippen molar-refractivity contribution >= 4 is 27.3 Å². The average Bonchev–Trinajstić information content (AvgIpc) is 3.10. The van der Waals surface area contributed by atoms with Crippen molar-refractivity contribution < 1.29 is 9.60 Å². The van der Waals surface area contributed by atoms with Crippen LogP contribution in [0.5, 0.6) is 0 Å². The van der Waals surface area contributed by atoms with Crippen LogP contribution in [0.3, 0.4) is 0 Å². The molecule has 126 valence electrons. The summed E-state index contributed by atoms with van der Waals surface area (Å²) in [6.45, 7) is 5.45. The van der Waals surface area contributed by atoms with Gasteiger partial charge in [0.1, 0.15) is 5.65 Å². The normalized spacial score (nSPS) is 15.4. The van der Waals surface area contributed by atoms with Crippen LogP contribution in [0.25, 0.3) is 38.6 Å². The van der Waals surface area contributed by atoms with Gasteiger partial charge in [0.2, 0.25) is 0 Å². The van der Waals surface area contributed by atoms with Crippen LogP contribution in [0.2, 0.25) is 0 Å². The van der Waals surface area contributed by atoms with Crippen LogP contribution in [0.15, 0.2) is 66.7 Å². The van der Waals surface area contributed by atoms with E-state index in [0.717, 1.165) is 16.7 Å². The fourth-order valence-electron chi connectivity index (χ4n) is 3.63. The number of pyridine rings is 1. The minimum Gasteiger partial charge on any atom is -0.292 e. The van der Waals surface area contributed by atoms with E-state index in [1.54, 1.807) is 11.3 Å². The molecule has 0 atom stereocenters. The lowest BCUT2D eigenvalue weighted by Crippen LogP contribution is -1.96. The second-order valence-corrected chi connectivity index (χ2v) is 6.55. The van der Waals surface area contributed by atoms with E-state index in [2.05, 4.69) is 4.98 Å². The molecule has 0 radical (unpaired) electrons. The molecule has 5 aromatic rings. The number of rotatable bonds is 1. The van der Waals surface area contributed by atoms with Gasteiger partial charge >= 0.3 is 0 Å². The maximum absolute atomic E-state index is 8.80. The van der Waals surface area contributed by atoms with Gasteiger partial charge < -0.3 is 0 Å². The van der Waals surface area contributed by atoms with E-state index < -0.39 is 0 Å². The number of hydrogen-bond donors (Lipinski definition) is 0. The third kappa shape index (κ3) is 2.02. The third-order valence-electron chi connectivity index (χ3n) is 4.80. The molecule has 0 amide bonds. The molecule has 0 unspecified atom stereocenters. The number of fused-ring (bicyclic) bond motifs is 6. The van der Waals surface area contributed by atoms with Crippen molar-refractivity contribution in [2.75, 3.05) is 0 Å². The molecular formula is C24H20N2. The van der Waals surface area contributed by atoms with Crippen molar-refractivity contribution in [2.24, 2.45) is 0 Å². The van der Waals surface area contributed by atoms with Gasteiger partial charge in [-0.05, 0) is 49.4 Å². The quantitative estimate of drug-likeness (QED) is 0.330. The minimum absolute atomic E-state index is 0.00350. The lowest BCUT2D eigenvalue weighted by Gasteiger charge is -2.14. The smallest absolute Gasteiger partial charge is 0.145 e. The zero-order chi connectivity index (χ0) is 23.9. The molecule has 5 rings (SSSR count). The second kappa shape index (κ2) is 5.43. The van der Waals surface area contributed by atoms with Gasteiger partial charge in [0, 0.05) is 16.3 Å². The Morgan fingerprint density at radius 1 is 0.885 bits per heavy atom. The third-order valence-corrected chi connectivity index (χ3v) is 4.80. The summed E-state index contributed by atoms with van der Waals surface area (Å²) in [5.74, 6) is 0. The van der Waals surface area contributed by atoms with Crippen molar-refractivity contribution in [2.45, 2.75) is 20.8 Å². The predicted molar refractivity (Wildman–Crippen MR) is 110 cm³/mol. The highest BCUT2D eigenvalue weighted by atomic mass is 15.0. The first-order chi connectivity index (χ1) is 15.6. The van der Waals surface area contributed by atoms with E-state index in [-0.39, 0.29) is 64.4 Å². The fourth-order valence-corrected chi connectivity index (χ4v) is 3.63. The summed E-state index contributed by atoms with van der Waals surface area (Å²) in [6, 6.07) is 6.34. The topological polar surface area (TPSA) is 17.3 Å². The Morgan fingerprint density at radius 3 is 2.50 bits per heavy atom. The Labute approximate surface area is 162 Å². The molecule has 3 aromatic carbocycles. The number of aryl methyl sites for hydroxylation is 2. The van der Waals surface area contributed by atoms with Gasteiger partial charge in [-0.25, -0.2) is 4.98 Å². The van der Waals surface area contributed by atoms with Crippen LogP contribution < -0.4 is 0 Å². The highest BCUT2D eigenvalue weighted by Crippen LogP contribution is 2.35. The van der Waals surface area contributed by atoms with Crippen LogP contribution in [0.4, 0.5) is 0 Å². The molecule has 2 heteroatoms. The molecule has 0 aliphatic heterocycles. The second-order valence-electron chi connectivity index (χ2n) is 6.55. The van der Waals surface area contributed by atoms with Gasteiger partial charge in [0.15, 0.2) is 0 Å². The first kappa shape index (κ1) is 9.54. The molecule has 0 spiro atoms. The Balaban J connectivity index is 2.23. The van der Waals surface area contributed by atoms with Crippen LogP contribution in [-0.4, -0.2) is 9.38 Å². The summed E-state index contributed by atoms with van der Waals surface area (Å²) in [5, 5.41) is 0.891. The lowest BCUT2D eigenvalue weighted by atomic mass is 9.99. The Kier molecular flexibility index (Phi) is 1.99. The predicted octanol–water partition coefficient (Wildman–Crippen LogP) is 6.23. The van der Waals surface area contributed by atoms with E-state index in [0.29, 0.717) is 16.6 Å². The molecule has 0 saturated carbocycles. The van der Waals surface area contributed by atoms with Crippen LogP contribution in [0, 0.1) is 20.8 Å². The van der Waals surface area contributed by atoms with Crippen LogP contribution in [-0.2, 0) is 0 Å². The first-order valence-corrected chi connectivity index (χ1v) is 8.44. The summed E-state index contributed by atoms with van der Waals surface area (Å²) in [4.78, 5) is 4.48. The van der Waals surface area contributed by atoms with Gasteiger partial charge in [-0.15, -0.1) is 0 Å². The SMILES string of the molecule is [2H]c1cc2c(c([2H])c1[2H])c1c([2H])c(C)c([2H])c([2H])c1n1c(-c3c(C)cccc3C)c([2H])nc21. The zero-order valence-corrected chi connectivity index (χ0v) is 14.7. The molecular weight excluding hydrogens is 316 g/mol. The van der Waals surface area contributed by atoms with Crippen molar-refractivity contribution in [1.82, 2.24) is 9.38 Å². The van der Waals surface area contributed by atoms with E-state index in [4.69, 9.17) is 9.60 Å². The summed E-state index contributed by atoms with van der Waals surface area (Å²) in [6.07, 6.45) is -0.0350. The van der Waals surface area contributed by atoms with Crippen molar-refractivity contribution in [3.8, 4) is 11.3 Å². The molecule has 0 aliphatic rings. The summed E-state index contributed by atoms with van der Waals surface area (Å²) < 4.78 is 61.4. The van der Waals surface area contributed by atoms with Gasteiger partial charge in [0.05, 0.1) is 27.0 Å². The summed E-state index contributed by atoms with van der Waals surface area (Å²) in [7, 11) is 0. The van der Waals surface area contributed by atoms with E-state index in [1.165, 1.54) is 6.07 Å². The number of nitrogens with zero attached hydrogens (tertiary/aromatic N) is 2. The minimum atomic E-state index is -0.278. The van der Waals surface area contributed by atoms with E-state index in [9.17, 15) is 0 Å². The molecule has 0 bridgehead atoms. The van der Waals surface area contributed by atoms with Gasteiger partial charge in [-0.2, -0.15) is 0 Å². The molecule has 0 saturated heterocycles. The molecule has 2 aromatic heterocycles. The number of benzene rings is 3. The van der Waals surface area contributed by atoms with E-state index >= 15 is 0 Å². The maximum atomic E-state index is 8.80. The van der Waals surface area contributed by atoms with Gasteiger partial charge in [0.25, 0.3) is 0 Å². The highest BCUT2D eigenvalue weighted by Gasteiger charge is 2.16. The van der Waals surface area contributed by atoms with Crippen LogP contribution >= 0.6 is 0 Å². The first-order valence-electron chi connectivity index (χ1n) is 11.9. The molecule has 26 heavy (non-hydrogen) atoms. The van der Waals surface area contributed by atoms with E-state index in [1.807, 2.05) is 32.0 Å². The maximum Gasteiger partial charge on any atom is 0.145 e.